The summed E-state index contributed by atoms with van der Waals surface area (Å²) in [6.45, 7) is 9.53. The van der Waals surface area contributed by atoms with E-state index in [1.165, 1.54) is 32.5 Å². The topological polar surface area (TPSA) is 18.5 Å². The molecule has 0 radical (unpaired) electrons. The van der Waals surface area contributed by atoms with Crippen LogP contribution in [0.5, 0.6) is 0 Å². The van der Waals surface area contributed by atoms with Gasteiger partial charge in [-0.3, -0.25) is 0 Å². The maximum absolute atomic E-state index is 3.29. The van der Waals surface area contributed by atoms with Gasteiger partial charge < -0.3 is 15.1 Å². The van der Waals surface area contributed by atoms with Crippen LogP contribution in [0.4, 0.5) is 0 Å². The molecule has 16 heavy (non-hydrogen) atoms. The molecule has 96 valence electrons. The second-order valence-electron chi connectivity index (χ2n) is 6.17. The van der Waals surface area contributed by atoms with Crippen LogP contribution in [0.3, 0.4) is 0 Å². The number of hydrogen-bond donors (Lipinski definition) is 1. The van der Waals surface area contributed by atoms with E-state index in [0.717, 1.165) is 12.6 Å². The summed E-state index contributed by atoms with van der Waals surface area (Å²) in [7, 11) is 6.44. The third kappa shape index (κ3) is 4.40. The molecular formula is C13H29N3. The van der Waals surface area contributed by atoms with Gasteiger partial charge in [-0.05, 0) is 52.5 Å². The molecule has 1 rings (SSSR count). The Morgan fingerprint density at radius 2 is 1.81 bits per heavy atom. The van der Waals surface area contributed by atoms with Gasteiger partial charge in [-0.15, -0.1) is 0 Å². The van der Waals surface area contributed by atoms with Crippen LogP contribution in [-0.4, -0.2) is 63.2 Å². The largest absolute Gasteiger partial charge is 0.319 e. The van der Waals surface area contributed by atoms with Crippen molar-refractivity contribution in [3.05, 3.63) is 0 Å². The maximum atomic E-state index is 3.29. The molecule has 0 spiro atoms. The zero-order valence-electron chi connectivity index (χ0n) is 11.7. The third-order valence-corrected chi connectivity index (χ3v) is 3.59. The molecule has 3 heteroatoms. The minimum atomic E-state index is 0.389. The van der Waals surface area contributed by atoms with Crippen LogP contribution >= 0.6 is 0 Å². The van der Waals surface area contributed by atoms with Gasteiger partial charge in [0.2, 0.25) is 0 Å². The van der Waals surface area contributed by atoms with E-state index in [2.05, 4.69) is 43.1 Å². The SMILES string of the molecule is CNCC(C)(C)CN1CCC(N(C)C)CC1. The Hall–Kier alpha value is -0.120. The zero-order valence-corrected chi connectivity index (χ0v) is 11.7. The van der Waals surface area contributed by atoms with Crippen molar-refractivity contribution in [2.24, 2.45) is 5.41 Å². The van der Waals surface area contributed by atoms with Crippen molar-refractivity contribution < 1.29 is 0 Å². The quantitative estimate of drug-likeness (QED) is 0.763. The minimum Gasteiger partial charge on any atom is -0.319 e. The molecule has 0 saturated carbocycles. The third-order valence-electron chi connectivity index (χ3n) is 3.59. The van der Waals surface area contributed by atoms with Crippen LogP contribution < -0.4 is 5.32 Å². The van der Waals surface area contributed by atoms with Gasteiger partial charge in [0.05, 0.1) is 0 Å². The molecule has 0 bridgehead atoms. The molecule has 0 aromatic heterocycles. The average Bonchev–Trinajstić information content (AvgIpc) is 2.17. The summed E-state index contributed by atoms with van der Waals surface area (Å²) in [4.78, 5) is 4.99. The molecular weight excluding hydrogens is 198 g/mol. The highest BCUT2D eigenvalue weighted by atomic mass is 15.2. The summed E-state index contributed by atoms with van der Waals surface area (Å²) in [5, 5.41) is 3.29. The van der Waals surface area contributed by atoms with Gasteiger partial charge in [0.15, 0.2) is 0 Å². The van der Waals surface area contributed by atoms with Gasteiger partial charge in [-0.2, -0.15) is 0 Å². The van der Waals surface area contributed by atoms with E-state index in [4.69, 9.17) is 0 Å². The summed E-state index contributed by atoms with van der Waals surface area (Å²) in [5.74, 6) is 0. The summed E-state index contributed by atoms with van der Waals surface area (Å²) in [5.41, 5.74) is 0.389. The van der Waals surface area contributed by atoms with Crippen LogP contribution in [-0.2, 0) is 0 Å². The van der Waals surface area contributed by atoms with E-state index in [-0.39, 0.29) is 0 Å². The van der Waals surface area contributed by atoms with Crippen LogP contribution in [0, 0.1) is 5.41 Å². The van der Waals surface area contributed by atoms with Crippen molar-refractivity contribution in [2.75, 3.05) is 47.3 Å². The highest BCUT2D eigenvalue weighted by Crippen LogP contribution is 2.20. The highest BCUT2D eigenvalue weighted by molar-refractivity contribution is 4.81. The normalized spacial score (nSPS) is 20.6. The first kappa shape index (κ1) is 13.9. The molecule has 1 heterocycles. The first-order valence-electron chi connectivity index (χ1n) is 6.48. The monoisotopic (exact) mass is 227 g/mol. The standard InChI is InChI=1S/C13H29N3/c1-13(2,10-14-3)11-16-8-6-12(7-9-16)15(4)5/h12,14H,6-11H2,1-5H3. The van der Waals surface area contributed by atoms with E-state index in [1.807, 2.05) is 7.05 Å². The molecule has 1 N–H and O–H groups in total. The lowest BCUT2D eigenvalue weighted by Crippen LogP contribution is -2.46. The van der Waals surface area contributed by atoms with Crippen molar-refractivity contribution in [1.82, 2.24) is 15.1 Å². The summed E-state index contributed by atoms with van der Waals surface area (Å²) < 4.78 is 0. The molecule has 0 atom stereocenters. The molecule has 0 aromatic carbocycles. The maximum Gasteiger partial charge on any atom is 0.0113 e. The predicted molar refractivity (Wildman–Crippen MR) is 70.9 cm³/mol. The molecule has 1 aliphatic rings. The van der Waals surface area contributed by atoms with Gasteiger partial charge >= 0.3 is 0 Å². The van der Waals surface area contributed by atoms with Crippen LogP contribution in [0.15, 0.2) is 0 Å². The second-order valence-corrected chi connectivity index (χ2v) is 6.17. The Morgan fingerprint density at radius 1 is 1.25 bits per heavy atom. The number of likely N-dealkylation sites (tertiary alicyclic amines) is 1. The van der Waals surface area contributed by atoms with Crippen molar-refractivity contribution in [3.8, 4) is 0 Å². The van der Waals surface area contributed by atoms with Gasteiger partial charge in [0.25, 0.3) is 0 Å². The first-order chi connectivity index (χ1) is 7.44. The first-order valence-corrected chi connectivity index (χ1v) is 6.48. The molecule has 0 amide bonds. The van der Waals surface area contributed by atoms with E-state index < -0.39 is 0 Å². The van der Waals surface area contributed by atoms with Gasteiger partial charge in [-0.1, -0.05) is 13.8 Å². The lowest BCUT2D eigenvalue weighted by molar-refractivity contribution is 0.108. The Bertz CT molecular complexity index is 193. The molecule has 1 fully saturated rings. The lowest BCUT2D eigenvalue weighted by Gasteiger charge is -2.39. The Balaban J connectivity index is 2.31. The van der Waals surface area contributed by atoms with E-state index in [0.29, 0.717) is 5.41 Å². The molecule has 0 unspecified atom stereocenters. The van der Waals surface area contributed by atoms with E-state index >= 15 is 0 Å². The smallest absolute Gasteiger partial charge is 0.0113 e. The van der Waals surface area contributed by atoms with Gasteiger partial charge in [0.1, 0.15) is 0 Å². The van der Waals surface area contributed by atoms with E-state index in [9.17, 15) is 0 Å². The molecule has 0 aromatic rings. The van der Waals surface area contributed by atoms with Gasteiger partial charge in [-0.25, -0.2) is 0 Å². The average molecular weight is 227 g/mol. The summed E-state index contributed by atoms with van der Waals surface area (Å²) in [6.07, 6.45) is 2.64. The van der Waals surface area contributed by atoms with Crippen molar-refractivity contribution in [1.29, 1.82) is 0 Å². The van der Waals surface area contributed by atoms with Crippen molar-refractivity contribution in [2.45, 2.75) is 32.7 Å². The van der Waals surface area contributed by atoms with E-state index in [1.54, 1.807) is 0 Å². The molecule has 1 saturated heterocycles. The number of hydrogen-bond acceptors (Lipinski definition) is 3. The number of nitrogens with zero attached hydrogens (tertiary/aromatic N) is 2. The Morgan fingerprint density at radius 3 is 2.25 bits per heavy atom. The fourth-order valence-electron chi connectivity index (χ4n) is 2.73. The van der Waals surface area contributed by atoms with Crippen LogP contribution in [0.1, 0.15) is 26.7 Å². The lowest BCUT2D eigenvalue weighted by atomic mass is 9.91. The number of rotatable bonds is 5. The molecule has 3 nitrogen and oxygen atoms in total. The Labute approximate surface area is 101 Å². The number of piperidine rings is 1. The highest BCUT2D eigenvalue weighted by Gasteiger charge is 2.25. The fourth-order valence-corrected chi connectivity index (χ4v) is 2.73. The van der Waals surface area contributed by atoms with Gasteiger partial charge in [0, 0.05) is 19.1 Å². The van der Waals surface area contributed by atoms with Crippen LogP contribution in [0.25, 0.3) is 0 Å². The van der Waals surface area contributed by atoms with Crippen molar-refractivity contribution >= 4 is 0 Å². The summed E-state index contributed by atoms with van der Waals surface area (Å²) in [6, 6.07) is 0.795. The number of nitrogens with one attached hydrogen (secondary N) is 1. The van der Waals surface area contributed by atoms with Crippen molar-refractivity contribution in [3.63, 3.8) is 0 Å². The van der Waals surface area contributed by atoms with Crippen LogP contribution in [0.2, 0.25) is 0 Å². The fraction of sp³-hybridized carbons (Fsp3) is 1.00. The molecule has 1 aliphatic heterocycles. The predicted octanol–water partition coefficient (Wildman–Crippen LogP) is 1.26. The zero-order chi connectivity index (χ0) is 12.2. The Kier molecular flexibility index (Phi) is 5.22. The minimum absolute atomic E-state index is 0.389. The molecule has 0 aliphatic carbocycles. The summed E-state index contributed by atoms with van der Waals surface area (Å²) >= 11 is 0. The second kappa shape index (κ2) is 5.99.